The maximum atomic E-state index is 13.6. The molecular formula is C22H20FN3O2S. The Morgan fingerprint density at radius 1 is 1.21 bits per heavy atom. The molecule has 0 unspecified atom stereocenters. The lowest BCUT2D eigenvalue weighted by Gasteiger charge is -2.17. The lowest BCUT2D eigenvalue weighted by Crippen LogP contribution is -2.22. The number of carbonyl (C=O) groups excluding carboxylic acids is 2. The molecular weight excluding hydrogens is 389 g/mol. The highest BCUT2D eigenvalue weighted by atomic mass is 32.1. The van der Waals surface area contributed by atoms with E-state index in [1.165, 1.54) is 35.3 Å². The Bertz CT molecular complexity index is 1050. The van der Waals surface area contributed by atoms with E-state index in [0.717, 1.165) is 5.69 Å². The number of halogens is 1. The van der Waals surface area contributed by atoms with E-state index in [1.54, 1.807) is 30.5 Å². The third-order valence-corrected chi connectivity index (χ3v) is 4.98. The summed E-state index contributed by atoms with van der Waals surface area (Å²) in [5.74, 6) is -0.757. The average Bonchev–Trinajstić information content (AvgIpc) is 3.16. The molecule has 0 saturated heterocycles. The predicted octanol–water partition coefficient (Wildman–Crippen LogP) is 4.60. The number of aromatic nitrogens is 1. The van der Waals surface area contributed by atoms with E-state index in [0.29, 0.717) is 22.0 Å². The number of aryl methyl sites for hydroxylation is 1. The Labute approximate surface area is 172 Å². The van der Waals surface area contributed by atoms with Crippen LogP contribution in [-0.2, 0) is 16.1 Å². The van der Waals surface area contributed by atoms with Crippen LogP contribution in [-0.4, -0.2) is 16.8 Å². The van der Waals surface area contributed by atoms with Crippen LogP contribution in [0, 0.1) is 12.7 Å². The number of hydrogen-bond acceptors (Lipinski definition) is 4. The largest absolute Gasteiger partial charge is 0.348 e. The molecule has 2 amide bonds. The first-order chi connectivity index (χ1) is 13.9. The number of para-hydroxylation sites is 1. The van der Waals surface area contributed by atoms with Gasteiger partial charge in [-0.05, 0) is 42.3 Å². The van der Waals surface area contributed by atoms with Gasteiger partial charge in [-0.3, -0.25) is 14.5 Å². The zero-order chi connectivity index (χ0) is 20.8. The molecule has 0 bridgehead atoms. The normalized spacial score (nSPS) is 10.9. The van der Waals surface area contributed by atoms with Crippen LogP contribution in [0.5, 0.6) is 0 Å². The van der Waals surface area contributed by atoms with Gasteiger partial charge in [0.2, 0.25) is 11.8 Å². The van der Waals surface area contributed by atoms with Gasteiger partial charge in [-0.25, -0.2) is 9.37 Å². The van der Waals surface area contributed by atoms with Crippen molar-refractivity contribution < 1.29 is 14.0 Å². The number of nitrogens with one attached hydrogen (secondary N) is 1. The van der Waals surface area contributed by atoms with Gasteiger partial charge in [0.05, 0.1) is 11.4 Å². The molecule has 5 nitrogen and oxygen atoms in total. The molecule has 148 valence electrons. The molecule has 3 aromatic rings. The Hall–Kier alpha value is -3.32. The van der Waals surface area contributed by atoms with Gasteiger partial charge < -0.3 is 5.32 Å². The van der Waals surface area contributed by atoms with Gasteiger partial charge in [-0.1, -0.05) is 30.3 Å². The summed E-state index contributed by atoms with van der Waals surface area (Å²) >= 11 is 1.31. The van der Waals surface area contributed by atoms with Crippen molar-refractivity contribution >= 4 is 40.0 Å². The maximum absolute atomic E-state index is 13.6. The summed E-state index contributed by atoms with van der Waals surface area (Å²) in [7, 11) is 0. The summed E-state index contributed by atoms with van der Waals surface area (Å²) in [6.45, 7) is 3.40. The summed E-state index contributed by atoms with van der Waals surface area (Å²) in [6, 6.07) is 14.1. The van der Waals surface area contributed by atoms with Crippen LogP contribution < -0.4 is 10.2 Å². The van der Waals surface area contributed by atoms with Gasteiger partial charge in [0.15, 0.2) is 5.13 Å². The number of nitrogens with zero attached hydrogens (tertiary/aromatic N) is 2. The number of rotatable bonds is 6. The highest BCUT2D eigenvalue weighted by Gasteiger charge is 2.17. The first-order valence-electron chi connectivity index (χ1n) is 8.96. The molecule has 0 aliphatic carbocycles. The van der Waals surface area contributed by atoms with Gasteiger partial charge in [-0.2, -0.15) is 0 Å². The second-order valence-corrected chi connectivity index (χ2v) is 7.22. The monoisotopic (exact) mass is 409 g/mol. The van der Waals surface area contributed by atoms with E-state index in [9.17, 15) is 14.0 Å². The summed E-state index contributed by atoms with van der Waals surface area (Å²) in [4.78, 5) is 30.0. The van der Waals surface area contributed by atoms with Crippen LogP contribution in [0.1, 0.15) is 23.7 Å². The van der Waals surface area contributed by atoms with E-state index < -0.39 is 0 Å². The standard InChI is InChI=1S/C22H20FN3O2S/c1-15-8-9-17(12-20(15)23)13-24-21(28)11-10-18-14-29-22(25-18)26(16(2)27)19-6-4-3-5-7-19/h3-12,14H,13H2,1-2H3,(H,24,28)/b11-10+. The lowest BCUT2D eigenvalue weighted by molar-refractivity contribution is -0.117. The summed E-state index contributed by atoms with van der Waals surface area (Å²) in [5, 5.41) is 5.01. The summed E-state index contributed by atoms with van der Waals surface area (Å²) in [5.41, 5.74) is 2.55. The molecule has 1 aromatic heterocycles. The van der Waals surface area contributed by atoms with Gasteiger partial charge in [0.25, 0.3) is 0 Å². The van der Waals surface area contributed by atoms with Crippen LogP contribution in [0.4, 0.5) is 15.2 Å². The van der Waals surface area contributed by atoms with E-state index in [2.05, 4.69) is 10.3 Å². The molecule has 0 radical (unpaired) electrons. The molecule has 0 aliphatic heterocycles. The Morgan fingerprint density at radius 2 is 1.97 bits per heavy atom. The van der Waals surface area contributed by atoms with Crippen molar-refractivity contribution in [3.05, 3.63) is 82.6 Å². The SMILES string of the molecule is CC(=O)N(c1ccccc1)c1nc(/C=C/C(=O)NCc2ccc(C)c(F)c2)cs1. The summed E-state index contributed by atoms with van der Waals surface area (Å²) in [6.07, 6.45) is 2.94. The lowest BCUT2D eigenvalue weighted by atomic mass is 10.1. The molecule has 0 aliphatic rings. The van der Waals surface area contributed by atoms with Crippen molar-refractivity contribution in [2.75, 3.05) is 4.90 Å². The second-order valence-electron chi connectivity index (χ2n) is 6.38. The Balaban J connectivity index is 1.64. The fourth-order valence-corrected chi connectivity index (χ4v) is 3.47. The van der Waals surface area contributed by atoms with Crippen LogP contribution in [0.25, 0.3) is 6.08 Å². The molecule has 2 aromatic carbocycles. The molecule has 0 fully saturated rings. The number of amides is 2. The van der Waals surface area contributed by atoms with Gasteiger partial charge in [-0.15, -0.1) is 11.3 Å². The zero-order valence-corrected chi connectivity index (χ0v) is 16.9. The molecule has 0 spiro atoms. The number of hydrogen-bond donors (Lipinski definition) is 1. The maximum Gasteiger partial charge on any atom is 0.244 e. The van der Waals surface area contributed by atoms with Crippen LogP contribution >= 0.6 is 11.3 Å². The topological polar surface area (TPSA) is 62.3 Å². The quantitative estimate of drug-likeness (QED) is 0.605. The van der Waals surface area contributed by atoms with Crippen molar-refractivity contribution in [1.29, 1.82) is 0 Å². The van der Waals surface area contributed by atoms with Gasteiger partial charge in [0.1, 0.15) is 5.82 Å². The van der Waals surface area contributed by atoms with Crippen molar-refractivity contribution in [2.45, 2.75) is 20.4 Å². The number of thiazole rings is 1. The summed E-state index contributed by atoms with van der Waals surface area (Å²) < 4.78 is 13.6. The van der Waals surface area contributed by atoms with E-state index in [4.69, 9.17) is 0 Å². The van der Waals surface area contributed by atoms with Crippen LogP contribution in [0.3, 0.4) is 0 Å². The van der Waals surface area contributed by atoms with Crippen molar-refractivity contribution in [1.82, 2.24) is 10.3 Å². The molecule has 0 saturated carbocycles. The number of anilines is 2. The van der Waals surface area contributed by atoms with Gasteiger partial charge >= 0.3 is 0 Å². The molecule has 1 heterocycles. The highest BCUT2D eigenvalue weighted by molar-refractivity contribution is 7.14. The second kappa shape index (κ2) is 9.25. The fourth-order valence-electron chi connectivity index (χ4n) is 2.61. The molecule has 7 heteroatoms. The van der Waals surface area contributed by atoms with Crippen LogP contribution in [0.15, 0.2) is 60.0 Å². The fraction of sp³-hybridized carbons (Fsp3) is 0.136. The Kier molecular flexibility index (Phi) is 6.51. The molecule has 1 N–H and O–H groups in total. The zero-order valence-electron chi connectivity index (χ0n) is 16.1. The minimum absolute atomic E-state index is 0.149. The van der Waals surface area contributed by atoms with Gasteiger partial charge in [0, 0.05) is 24.9 Å². The van der Waals surface area contributed by atoms with E-state index in [-0.39, 0.29) is 24.2 Å². The molecule has 29 heavy (non-hydrogen) atoms. The average molecular weight is 409 g/mol. The van der Waals surface area contributed by atoms with Crippen LogP contribution in [0.2, 0.25) is 0 Å². The highest BCUT2D eigenvalue weighted by Crippen LogP contribution is 2.28. The first-order valence-corrected chi connectivity index (χ1v) is 9.84. The third kappa shape index (κ3) is 5.36. The van der Waals surface area contributed by atoms with Crippen molar-refractivity contribution in [2.24, 2.45) is 0 Å². The number of carbonyl (C=O) groups is 2. The number of benzene rings is 2. The smallest absolute Gasteiger partial charge is 0.244 e. The minimum Gasteiger partial charge on any atom is -0.348 e. The third-order valence-electron chi connectivity index (χ3n) is 4.14. The van der Waals surface area contributed by atoms with E-state index >= 15 is 0 Å². The first kappa shape index (κ1) is 20.4. The van der Waals surface area contributed by atoms with Crippen molar-refractivity contribution in [3.63, 3.8) is 0 Å². The van der Waals surface area contributed by atoms with E-state index in [1.807, 2.05) is 30.3 Å². The molecule has 0 atom stereocenters. The minimum atomic E-state index is -0.313. The predicted molar refractivity (Wildman–Crippen MR) is 113 cm³/mol. The Morgan fingerprint density at radius 3 is 2.66 bits per heavy atom. The molecule has 3 rings (SSSR count). The van der Waals surface area contributed by atoms with Crippen molar-refractivity contribution in [3.8, 4) is 0 Å².